The predicted octanol–water partition coefficient (Wildman–Crippen LogP) is 2.27. The van der Waals surface area contributed by atoms with Crippen LogP contribution in [0.15, 0.2) is 30.3 Å². The summed E-state index contributed by atoms with van der Waals surface area (Å²) in [5.74, 6) is 0. The fourth-order valence-electron chi connectivity index (χ4n) is 0.482. The van der Waals surface area contributed by atoms with E-state index in [2.05, 4.69) is 0 Å². The molecule has 0 saturated carbocycles. The van der Waals surface area contributed by atoms with Crippen molar-refractivity contribution in [2.24, 2.45) is 0 Å². The molecule has 71 valence electrons. The third kappa shape index (κ3) is 6.59. The predicted molar refractivity (Wildman–Crippen MR) is 49.0 cm³/mol. The van der Waals surface area contributed by atoms with Gasteiger partial charge in [0.1, 0.15) is 0 Å². The molecule has 0 amide bonds. The monoisotopic (exact) mass is 305 g/mol. The van der Waals surface area contributed by atoms with Crippen LogP contribution in [0.4, 0.5) is 0 Å². The number of rotatable bonds is 1. The van der Waals surface area contributed by atoms with Crippen molar-refractivity contribution in [1.82, 2.24) is 0 Å². The van der Waals surface area contributed by atoms with Crippen molar-refractivity contribution in [3.05, 3.63) is 30.3 Å². The molecule has 0 aliphatic heterocycles. The van der Waals surface area contributed by atoms with Gasteiger partial charge in [-0.05, 0) is 0 Å². The van der Waals surface area contributed by atoms with Crippen molar-refractivity contribution in [1.29, 1.82) is 10.5 Å². The fraction of sp³-hybridized carbons (Fsp3) is 0. The number of benzene rings is 1. The number of nitrogens with zero attached hydrogens (tertiary/aromatic N) is 2. The summed E-state index contributed by atoms with van der Waals surface area (Å²) < 4.78 is 1.06. The molecular weight excluding hydrogens is 301 g/mol. The summed E-state index contributed by atoms with van der Waals surface area (Å²) in [5.41, 5.74) is 0. The summed E-state index contributed by atoms with van der Waals surface area (Å²) in [7, 11) is 11.4. The van der Waals surface area contributed by atoms with Crippen LogP contribution in [0, 0.1) is 22.7 Å². The van der Waals surface area contributed by atoms with E-state index in [9.17, 15) is 0 Å². The molecule has 2 nitrogen and oxygen atoms in total. The van der Waals surface area contributed by atoms with Gasteiger partial charge in [-0.15, -0.1) is 0 Å². The molecule has 0 radical (unpaired) electrons. The Morgan fingerprint density at radius 1 is 1.00 bits per heavy atom. The van der Waals surface area contributed by atoms with E-state index in [-0.39, 0.29) is 0 Å². The molecule has 0 heterocycles. The van der Waals surface area contributed by atoms with Gasteiger partial charge >= 0.3 is 68.1 Å². The van der Waals surface area contributed by atoms with Crippen LogP contribution in [0.1, 0.15) is 0 Å². The van der Waals surface area contributed by atoms with Crippen molar-refractivity contribution in [2.75, 3.05) is 0 Å². The second kappa shape index (κ2) is 8.06. The van der Waals surface area contributed by atoms with Crippen LogP contribution in [0.2, 0.25) is 0 Å². The molecule has 1 aromatic rings. The Balaban J connectivity index is 0.000000310. The molecule has 0 aromatic heterocycles. The molecule has 5 heteroatoms. The number of hydrogen-bond acceptors (Lipinski definition) is 2. The number of halogens is 2. The minimum absolute atomic E-state index is 1.06. The van der Waals surface area contributed by atoms with Crippen LogP contribution in [0.25, 0.3) is 0 Å². The van der Waals surface area contributed by atoms with Gasteiger partial charge in [0.2, 0.25) is 0 Å². The molecule has 0 bridgehead atoms. The van der Waals surface area contributed by atoms with Gasteiger partial charge in [-0.3, -0.25) is 0 Å². The summed E-state index contributed by atoms with van der Waals surface area (Å²) in [6.45, 7) is 0. The van der Waals surface area contributed by atoms with E-state index >= 15 is 0 Å². The second-order valence-electron chi connectivity index (χ2n) is 1.65. The Hall–Kier alpha value is -0.558. The molecule has 0 N–H and O–H groups in total. The Morgan fingerprint density at radius 3 is 1.69 bits per heavy atom. The van der Waals surface area contributed by atoms with Crippen LogP contribution in [0.5, 0.6) is 0 Å². The van der Waals surface area contributed by atoms with Crippen LogP contribution < -0.4 is 4.04 Å². The Bertz CT molecular complexity index is 301. The molecule has 0 saturated heterocycles. The summed E-state index contributed by atoms with van der Waals surface area (Å²) in [6, 6.07) is 12.2. The zero-order valence-corrected chi connectivity index (χ0v) is 9.42. The van der Waals surface area contributed by atoms with Gasteiger partial charge in [-0.2, -0.15) is 10.5 Å². The van der Waals surface area contributed by atoms with Gasteiger partial charge < -0.3 is 0 Å². The molecule has 0 spiro atoms. The van der Waals surface area contributed by atoms with Gasteiger partial charge in [0.25, 0.3) is 0 Å². The van der Waals surface area contributed by atoms with Crippen molar-refractivity contribution in [2.45, 2.75) is 0 Å². The normalized spacial score (nSPS) is 8.46. The van der Waals surface area contributed by atoms with E-state index in [1.165, 1.54) is 12.1 Å². The first-order valence-electron chi connectivity index (χ1n) is 3.01. The first-order valence-corrected chi connectivity index (χ1v) is 7.79. The minimum atomic E-state index is -1.39. The van der Waals surface area contributed by atoms with Crippen LogP contribution in [-0.2, 0) is 14.7 Å². The van der Waals surface area contributed by atoms with Crippen molar-refractivity contribution in [3.8, 4) is 12.1 Å². The third-order valence-electron chi connectivity index (χ3n) is 0.901. The van der Waals surface area contributed by atoms with Crippen molar-refractivity contribution < 1.29 is 14.7 Å². The van der Waals surface area contributed by atoms with E-state index < -0.39 is 14.7 Å². The van der Waals surface area contributed by atoms with Gasteiger partial charge in [0.15, 0.2) is 12.1 Å². The van der Waals surface area contributed by atoms with Crippen LogP contribution in [-0.4, -0.2) is 0 Å². The Morgan fingerprint density at radius 2 is 1.46 bits per heavy atom. The van der Waals surface area contributed by atoms with Crippen molar-refractivity contribution >= 4 is 23.1 Å². The molecular formula is C8H5Cl2N2Pd. The van der Waals surface area contributed by atoms with E-state index in [0.29, 0.717) is 0 Å². The maximum absolute atomic E-state index is 7.26. The number of nitriles is 2. The quantitative estimate of drug-likeness (QED) is 0.747. The molecule has 0 aliphatic carbocycles. The van der Waals surface area contributed by atoms with Gasteiger partial charge in [0.05, 0.1) is 0 Å². The van der Waals surface area contributed by atoms with Gasteiger partial charge in [-0.25, -0.2) is 0 Å². The molecule has 13 heavy (non-hydrogen) atoms. The van der Waals surface area contributed by atoms with Crippen LogP contribution >= 0.6 is 19.1 Å². The molecule has 0 fully saturated rings. The average Bonchev–Trinajstić information content (AvgIpc) is 2.19. The third-order valence-corrected chi connectivity index (χ3v) is 3.73. The SMILES string of the molecule is N#CC#N.[Cl][Pd]([Cl])[c]1ccccc1. The van der Waals surface area contributed by atoms with E-state index in [1.807, 2.05) is 30.3 Å². The topological polar surface area (TPSA) is 47.6 Å². The first kappa shape index (κ1) is 12.4. The summed E-state index contributed by atoms with van der Waals surface area (Å²) >= 11 is -1.39. The first-order chi connectivity index (χ1) is 6.22. The molecule has 0 aliphatic rings. The van der Waals surface area contributed by atoms with E-state index in [1.54, 1.807) is 0 Å². The van der Waals surface area contributed by atoms with E-state index in [0.717, 1.165) is 4.04 Å². The standard InChI is InChI=1S/C6H5.C2N2.2ClH.Pd/c1-2-4-6-5-3-1;3-1-2-4;;;/h1-5H;;2*1H;/q;;;;+2/p-2. The Labute approximate surface area is 90.5 Å². The van der Waals surface area contributed by atoms with Gasteiger partial charge in [-0.1, -0.05) is 0 Å². The summed E-state index contributed by atoms with van der Waals surface area (Å²) in [6.07, 6.45) is 0. The second-order valence-corrected chi connectivity index (χ2v) is 6.91. The fourth-order valence-corrected chi connectivity index (χ4v) is 2.12. The maximum atomic E-state index is 7.26. The Kier molecular flexibility index (Phi) is 7.71. The number of hydrogen-bond donors (Lipinski definition) is 0. The summed E-state index contributed by atoms with van der Waals surface area (Å²) in [5, 5.41) is 14.5. The molecule has 0 unspecified atom stereocenters. The zero-order chi connectivity index (χ0) is 10.1. The molecule has 0 atom stereocenters. The zero-order valence-electron chi connectivity index (χ0n) is 6.35. The van der Waals surface area contributed by atoms with E-state index in [4.69, 9.17) is 29.6 Å². The molecule has 1 rings (SSSR count). The average molecular weight is 306 g/mol. The van der Waals surface area contributed by atoms with Crippen LogP contribution in [0.3, 0.4) is 0 Å². The van der Waals surface area contributed by atoms with Crippen molar-refractivity contribution in [3.63, 3.8) is 0 Å². The summed E-state index contributed by atoms with van der Waals surface area (Å²) in [4.78, 5) is 0. The van der Waals surface area contributed by atoms with Gasteiger partial charge in [0, 0.05) is 0 Å². The molecule has 1 aromatic carbocycles.